The van der Waals surface area contributed by atoms with E-state index in [1.165, 1.54) is 19.4 Å². The second-order valence-electron chi connectivity index (χ2n) is 9.32. The molecule has 3 amide bonds. The summed E-state index contributed by atoms with van der Waals surface area (Å²) in [5.74, 6) is -3.29. The molecule has 0 fully saturated rings. The summed E-state index contributed by atoms with van der Waals surface area (Å²) in [6.07, 6.45) is 4.70. The van der Waals surface area contributed by atoms with Crippen LogP contribution in [0.15, 0.2) is 43.0 Å². The number of aromatic nitrogens is 3. The van der Waals surface area contributed by atoms with Crippen LogP contribution in [0.2, 0.25) is 0 Å². The molecule has 37 heavy (non-hydrogen) atoms. The minimum atomic E-state index is -1.26. The van der Waals surface area contributed by atoms with Gasteiger partial charge < -0.3 is 36.8 Å². The van der Waals surface area contributed by atoms with Crippen LogP contribution in [0, 0.1) is 5.92 Å². The fraction of sp³-hybridized carbons (Fsp3) is 0.400. The number of aliphatic carboxylic acids is 1. The molecule has 198 valence electrons. The molecule has 8 N–H and O–H groups in total. The van der Waals surface area contributed by atoms with Crippen LogP contribution in [-0.2, 0) is 32.0 Å². The van der Waals surface area contributed by atoms with Gasteiger partial charge in [0, 0.05) is 41.8 Å². The number of carboxylic acid groups (broad SMARTS) is 1. The molecule has 2 aromatic heterocycles. The maximum atomic E-state index is 13.4. The highest BCUT2D eigenvalue weighted by Gasteiger charge is 2.32. The monoisotopic (exact) mass is 511 g/mol. The number of carbonyl (C=O) groups excluding carboxylic acids is 3. The van der Waals surface area contributed by atoms with Gasteiger partial charge >= 0.3 is 5.97 Å². The summed E-state index contributed by atoms with van der Waals surface area (Å²) in [7, 11) is 0. The predicted octanol–water partition coefficient (Wildman–Crippen LogP) is 0.218. The number of benzene rings is 1. The quantitative estimate of drug-likeness (QED) is 0.180. The smallest absolute Gasteiger partial charge is 0.326 e. The summed E-state index contributed by atoms with van der Waals surface area (Å²) < 4.78 is 0. The van der Waals surface area contributed by atoms with E-state index in [1.54, 1.807) is 20.0 Å². The molecule has 4 atom stereocenters. The molecule has 0 bridgehead atoms. The van der Waals surface area contributed by atoms with Gasteiger partial charge in [-0.25, -0.2) is 9.78 Å². The fourth-order valence-corrected chi connectivity index (χ4v) is 3.90. The van der Waals surface area contributed by atoms with Crippen LogP contribution < -0.4 is 21.7 Å². The number of H-pyrrole nitrogens is 2. The van der Waals surface area contributed by atoms with E-state index in [-0.39, 0.29) is 18.8 Å². The number of para-hydroxylation sites is 1. The number of amides is 3. The van der Waals surface area contributed by atoms with Crippen LogP contribution in [-0.4, -0.2) is 67.9 Å². The van der Waals surface area contributed by atoms with Crippen molar-refractivity contribution in [2.45, 2.75) is 57.8 Å². The number of imidazole rings is 1. The van der Waals surface area contributed by atoms with E-state index in [0.29, 0.717) is 5.69 Å². The van der Waals surface area contributed by atoms with Gasteiger partial charge in [-0.3, -0.25) is 14.4 Å². The maximum absolute atomic E-state index is 13.4. The fourth-order valence-electron chi connectivity index (χ4n) is 3.90. The van der Waals surface area contributed by atoms with E-state index >= 15 is 0 Å². The van der Waals surface area contributed by atoms with Crippen molar-refractivity contribution in [2.75, 3.05) is 0 Å². The third-order valence-corrected chi connectivity index (χ3v) is 5.99. The second-order valence-corrected chi connectivity index (χ2v) is 9.32. The van der Waals surface area contributed by atoms with E-state index in [4.69, 9.17) is 5.73 Å². The Balaban J connectivity index is 1.85. The van der Waals surface area contributed by atoms with Crippen molar-refractivity contribution in [3.63, 3.8) is 0 Å². The van der Waals surface area contributed by atoms with E-state index in [1.807, 2.05) is 24.3 Å². The highest BCUT2D eigenvalue weighted by molar-refractivity contribution is 5.95. The van der Waals surface area contributed by atoms with Crippen LogP contribution in [0.25, 0.3) is 10.9 Å². The lowest BCUT2D eigenvalue weighted by Gasteiger charge is -2.26. The first-order valence-electron chi connectivity index (χ1n) is 12.0. The Morgan fingerprint density at radius 3 is 2.27 bits per heavy atom. The zero-order chi connectivity index (χ0) is 27.1. The van der Waals surface area contributed by atoms with Crippen molar-refractivity contribution < 1.29 is 24.3 Å². The lowest BCUT2D eigenvalue weighted by atomic mass is 10.00. The number of nitrogens with zero attached hydrogens (tertiary/aromatic N) is 1. The van der Waals surface area contributed by atoms with Crippen molar-refractivity contribution in [1.82, 2.24) is 30.9 Å². The summed E-state index contributed by atoms with van der Waals surface area (Å²) in [4.78, 5) is 60.5. The SMILES string of the molecule is CC(N)C(=O)NC(C(=O)NC(Cc1c[nH]c2ccccc12)C(=O)NC(Cc1cnc[nH]1)C(=O)O)C(C)C. The number of hydrogen-bond donors (Lipinski definition) is 7. The summed E-state index contributed by atoms with van der Waals surface area (Å²) >= 11 is 0. The summed E-state index contributed by atoms with van der Waals surface area (Å²) in [6, 6.07) is 3.35. The predicted molar refractivity (Wildman–Crippen MR) is 136 cm³/mol. The summed E-state index contributed by atoms with van der Waals surface area (Å²) in [6.45, 7) is 5.01. The van der Waals surface area contributed by atoms with Gasteiger partial charge in [-0.15, -0.1) is 0 Å². The van der Waals surface area contributed by atoms with E-state index in [9.17, 15) is 24.3 Å². The minimum absolute atomic E-state index is 0.0200. The molecule has 0 saturated carbocycles. The van der Waals surface area contributed by atoms with Gasteiger partial charge in [0.1, 0.15) is 18.1 Å². The van der Waals surface area contributed by atoms with Crippen LogP contribution in [0.5, 0.6) is 0 Å². The van der Waals surface area contributed by atoms with Crippen molar-refractivity contribution in [3.8, 4) is 0 Å². The van der Waals surface area contributed by atoms with Gasteiger partial charge in [-0.1, -0.05) is 32.0 Å². The molecule has 0 aliphatic carbocycles. The van der Waals surface area contributed by atoms with Crippen molar-refractivity contribution in [2.24, 2.45) is 11.7 Å². The molecule has 3 rings (SSSR count). The first kappa shape index (κ1) is 27.4. The molecule has 0 aliphatic heterocycles. The van der Waals surface area contributed by atoms with Gasteiger partial charge in [-0.05, 0) is 24.5 Å². The van der Waals surface area contributed by atoms with Crippen LogP contribution >= 0.6 is 0 Å². The Kier molecular flexibility index (Phi) is 9.01. The van der Waals surface area contributed by atoms with Gasteiger partial charge in [0.25, 0.3) is 0 Å². The Morgan fingerprint density at radius 1 is 0.946 bits per heavy atom. The molecule has 0 aliphatic rings. The topological polar surface area (TPSA) is 195 Å². The molecular formula is C25H33N7O5. The van der Waals surface area contributed by atoms with Crippen LogP contribution in [0.3, 0.4) is 0 Å². The number of aromatic amines is 2. The van der Waals surface area contributed by atoms with Crippen molar-refractivity contribution >= 4 is 34.6 Å². The molecule has 1 aromatic carbocycles. The maximum Gasteiger partial charge on any atom is 0.326 e. The number of rotatable bonds is 12. The highest BCUT2D eigenvalue weighted by Crippen LogP contribution is 2.19. The first-order chi connectivity index (χ1) is 17.6. The normalized spacial score (nSPS) is 14.5. The first-order valence-corrected chi connectivity index (χ1v) is 12.0. The number of carbonyl (C=O) groups is 4. The summed E-state index contributed by atoms with van der Waals surface area (Å²) in [5, 5.41) is 18.4. The number of fused-ring (bicyclic) bond motifs is 1. The standard InChI is InChI=1S/C25H33N7O5/c1-13(2)21(32-22(33)14(3)26)24(35)30-19(8-15-10-28-18-7-5-4-6-17(15)18)23(34)31-20(25(36)37)9-16-11-27-12-29-16/h4-7,10-14,19-21,28H,8-9,26H2,1-3H3,(H,27,29)(H,30,35)(H,31,34)(H,32,33)(H,36,37). The Bertz CT molecular complexity index is 1240. The molecule has 0 spiro atoms. The highest BCUT2D eigenvalue weighted by atomic mass is 16.4. The van der Waals surface area contributed by atoms with E-state index in [2.05, 4.69) is 30.9 Å². The van der Waals surface area contributed by atoms with E-state index in [0.717, 1.165) is 16.5 Å². The van der Waals surface area contributed by atoms with Gasteiger partial charge in [-0.2, -0.15) is 0 Å². The molecule has 2 heterocycles. The molecule has 4 unspecified atom stereocenters. The lowest BCUT2D eigenvalue weighted by Crippen LogP contribution is -2.58. The second kappa shape index (κ2) is 12.2. The third-order valence-electron chi connectivity index (χ3n) is 5.99. The van der Waals surface area contributed by atoms with Crippen molar-refractivity contribution in [1.29, 1.82) is 0 Å². The zero-order valence-corrected chi connectivity index (χ0v) is 20.9. The van der Waals surface area contributed by atoms with Gasteiger partial charge in [0.05, 0.1) is 12.4 Å². The Hall–Kier alpha value is -4.19. The molecule has 12 nitrogen and oxygen atoms in total. The molecule has 12 heteroatoms. The Morgan fingerprint density at radius 2 is 1.65 bits per heavy atom. The molecule has 3 aromatic rings. The molecule has 0 radical (unpaired) electrons. The average Bonchev–Trinajstić information content (AvgIpc) is 3.51. The lowest BCUT2D eigenvalue weighted by molar-refractivity contribution is -0.142. The van der Waals surface area contributed by atoms with Crippen LogP contribution in [0.4, 0.5) is 0 Å². The van der Waals surface area contributed by atoms with Gasteiger partial charge in [0.2, 0.25) is 17.7 Å². The number of carboxylic acids is 1. The minimum Gasteiger partial charge on any atom is -0.480 e. The number of nitrogens with one attached hydrogen (secondary N) is 5. The van der Waals surface area contributed by atoms with Gasteiger partial charge in [0.15, 0.2) is 0 Å². The summed E-state index contributed by atoms with van der Waals surface area (Å²) in [5.41, 5.74) is 7.79. The average molecular weight is 512 g/mol. The number of hydrogen-bond acceptors (Lipinski definition) is 6. The largest absolute Gasteiger partial charge is 0.480 e. The Labute approximate surface area is 213 Å². The van der Waals surface area contributed by atoms with E-state index < -0.39 is 47.9 Å². The van der Waals surface area contributed by atoms with Crippen LogP contribution in [0.1, 0.15) is 32.0 Å². The van der Waals surface area contributed by atoms with Crippen molar-refractivity contribution in [3.05, 3.63) is 54.2 Å². The molecule has 0 saturated heterocycles. The zero-order valence-electron chi connectivity index (χ0n) is 20.9. The number of nitrogens with two attached hydrogens (primary N) is 1. The third kappa shape index (κ3) is 7.17. The molecular weight excluding hydrogens is 478 g/mol.